The first-order valence-electron chi connectivity index (χ1n) is 16.8. The normalized spacial score (nSPS) is 11.9. The predicted octanol–water partition coefficient (Wildman–Crippen LogP) is 11.5. The monoisotopic (exact) mass is 832 g/mol. The molecule has 0 saturated heterocycles. The van der Waals surface area contributed by atoms with E-state index in [1.807, 2.05) is 74.8 Å². The van der Waals surface area contributed by atoms with Crippen LogP contribution in [0.5, 0.6) is 0 Å². The van der Waals surface area contributed by atoms with Crippen molar-refractivity contribution in [3.8, 4) is 33.6 Å². The van der Waals surface area contributed by atoms with Gasteiger partial charge in [0.2, 0.25) is 0 Å². The zero-order valence-electron chi connectivity index (χ0n) is 29.3. The average Bonchev–Trinajstić information content (AvgIpc) is 3.50. The van der Waals surface area contributed by atoms with Crippen LogP contribution >= 0.6 is 0 Å². The van der Waals surface area contributed by atoms with E-state index in [-0.39, 0.29) is 20.1 Å². The number of benzene rings is 5. The minimum absolute atomic E-state index is 0. The molecule has 0 atom stereocenters. The molecule has 3 heterocycles. The quantitative estimate of drug-likeness (QED) is 0.128. The van der Waals surface area contributed by atoms with Crippen molar-refractivity contribution in [2.75, 3.05) is 0 Å². The molecule has 0 saturated carbocycles. The Morgan fingerprint density at radius 1 is 0.673 bits per heavy atom. The van der Waals surface area contributed by atoms with Crippen molar-refractivity contribution >= 4 is 46.0 Å². The minimum atomic E-state index is -1.50. The van der Waals surface area contributed by atoms with Crippen LogP contribution in [0.25, 0.3) is 66.4 Å². The van der Waals surface area contributed by atoms with Crippen molar-refractivity contribution in [1.82, 2.24) is 9.97 Å². The molecule has 0 aliphatic carbocycles. The second kappa shape index (κ2) is 14.4. The molecule has 8 aromatic rings. The van der Waals surface area contributed by atoms with Crippen LogP contribution in [0.1, 0.15) is 26.7 Å². The molecule has 0 aliphatic heterocycles. The topological polar surface area (TPSA) is 38.9 Å². The van der Waals surface area contributed by atoms with Crippen molar-refractivity contribution in [3.63, 3.8) is 0 Å². The average molecular weight is 832 g/mol. The third-order valence-electron chi connectivity index (χ3n) is 8.66. The van der Waals surface area contributed by atoms with Gasteiger partial charge >= 0.3 is 0 Å². The molecule has 0 bridgehead atoms. The molecule has 0 unspecified atom stereocenters. The third-order valence-corrected chi connectivity index (χ3v) is 10.7. The first kappa shape index (κ1) is 32.9. The predicted molar refractivity (Wildman–Crippen MR) is 204 cm³/mol. The molecule has 0 N–H and O–H groups in total. The van der Waals surface area contributed by atoms with Crippen molar-refractivity contribution in [2.45, 2.75) is 39.4 Å². The Balaban J connectivity index is 0.000000182. The molecule has 49 heavy (non-hydrogen) atoms. The minimum Gasteiger partial charge on any atom is -0.501 e. The molecule has 3 nitrogen and oxygen atoms in total. The molecule has 3 aromatic heterocycles. The summed E-state index contributed by atoms with van der Waals surface area (Å²) in [5.41, 5.74) is 8.78. The fourth-order valence-electron chi connectivity index (χ4n) is 6.13. The van der Waals surface area contributed by atoms with E-state index in [0.29, 0.717) is 0 Å². The summed E-state index contributed by atoms with van der Waals surface area (Å²) in [5.74, 6) is -0.609. The SMILES string of the molecule is [2H]C(C)(C)c1cc(-c2[c-]cccc2)ncc1[Si](C)(C)C.[Ir].[c-]1ccc2c(oc3cc(-c4ccccc4)ccc32)c1-c1cc2ccccc2cn1. The summed E-state index contributed by atoms with van der Waals surface area (Å²) in [5, 5.41) is 5.75. The molecule has 0 spiro atoms. The first-order chi connectivity index (χ1) is 23.6. The number of hydrogen-bond acceptors (Lipinski definition) is 3. The van der Waals surface area contributed by atoms with E-state index in [2.05, 4.69) is 115 Å². The van der Waals surface area contributed by atoms with E-state index in [9.17, 15) is 0 Å². The van der Waals surface area contributed by atoms with Gasteiger partial charge in [0.15, 0.2) is 0 Å². The Kier molecular flexibility index (Phi) is 9.68. The fourth-order valence-corrected chi connectivity index (χ4v) is 7.71. The molecule has 0 fully saturated rings. The van der Waals surface area contributed by atoms with Gasteiger partial charge in [0.25, 0.3) is 0 Å². The van der Waals surface area contributed by atoms with Crippen molar-refractivity contribution in [1.29, 1.82) is 0 Å². The molecule has 0 amide bonds. The summed E-state index contributed by atoms with van der Waals surface area (Å²) < 4.78 is 14.8. The molecule has 245 valence electrons. The van der Waals surface area contributed by atoms with Crippen LogP contribution in [0.3, 0.4) is 0 Å². The second-order valence-corrected chi connectivity index (χ2v) is 18.4. The summed E-state index contributed by atoms with van der Waals surface area (Å²) in [4.78, 5) is 9.28. The Morgan fingerprint density at radius 3 is 2.14 bits per heavy atom. The van der Waals surface area contributed by atoms with Crippen LogP contribution in [0.15, 0.2) is 138 Å². The smallest absolute Gasteiger partial charge is 0.121 e. The number of nitrogens with zero attached hydrogens (tertiary/aromatic N) is 2. The Morgan fingerprint density at radius 2 is 1.41 bits per heavy atom. The Bertz CT molecular complexity index is 2410. The summed E-state index contributed by atoms with van der Waals surface area (Å²) in [7, 11) is -1.50. The van der Waals surface area contributed by atoms with Gasteiger partial charge in [-0.25, -0.2) is 0 Å². The second-order valence-electron chi connectivity index (χ2n) is 13.3. The van der Waals surface area contributed by atoms with Crippen molar-refractivity contribution in [2.24, 2.45) is 0 Å². The van der Waals surface area contributed by atoms with Gasteiger partial charge in [-0.3, -0.25) is 0 Å². The number of fused-ring (bicyclic) bond motifs is 4. The standard InChI is InChI=1S/C27H16NO.C17H22NSi.Ir/c1-2-7-18(8-3-1)20-13-14-22-23-11-6-12-24(27(23)29-26(22)16-20)25-15-19-9-4-5-10-21(19)17-28-25;1-13(2)15-11-16(14-9-7-6-8-10-14)18-12-17(15)19(3,4)5;/h1-11,13-17H;6-9,11-13H,1-5H3;/q2*-1;/i;13D;. The fraction of sp³-hybridized carbons (Fsp3) is 0.136. The molecular weight excluding hydrogens is 793 g/mol. The van der Waals surface area contributed by atoms with Gasteiger partial charge < -0.3 is 14.4 Å². The molecule has 1 radical (unpaired) electrons. The molecule has 5 aromatic carbocycles. The van der Waals surface area contributed by atoms with E-state index in [1.54, 1.807) is 0 Å². The van der Waals surface area contributed by atoms with Gasteiger partial charge in [0, 0.05) is 39.3 Å². The molecule has 5 heteroatoms. The number of rotatable bonds is 5. The van der Waals surface area contributed by atoms with E-state index in [0.717, 1.165) is 66.4 Å². The number of furan rings is 1. The van der Waals surface area contributed by atoms with E-state index >= 15 is 0 Å². The maximum atomic E-state index is 8.44. The van der Waals surface area contributed by atoms with Crippen LogP contribution in [0, 0.1) is 12.1 Å². The van der Waals surface area contributed by atoms with Gasteiger partial charge in [-0.2, -0.15) is 0 Å². The van der Waals surface area contributed by atoms with E-state index in [4.69, 9.17) is 5.79 Å². The number of aromatic nitrogens is 2. The van der Waals surface area contributed by atoms with Crippen LogP contribution in [-0.4, -0.2) is 18.0 Å². The van der Waals surface area contributed by atoms with Gasteiger partial charge in [0.05, 0.1) is 13.7 Å². The van der Waals surface area contributed by atoms with E-state index < -0.39 is 14.0 Å². The molecular formula is C44H38IrN2OSi-2. The van der Waals surface area contributed by atoms with Crippen LogP contribution in [0.2, 0.25) is 19.6 Å². The van der Waals surface area contributed by atoms with Crippen LogP contribution in [0.4, 0.5) is 0 Å². The maximum Gasteiger partial charge on any atom is 0.121 e. The van der Waals surface area contributed by atoms with Crippen LogP contribution < -0.4 is 5.19 Å². The largest absolute Gasteiger partial charge is 0.501 e. The summed E-state index contributed by atoms with van der Waals surface area (Å²) in [6, 6.07) is 47.6. The van der Waals surface area contributed by atoms with Gasteiger partial charge in [-0.1, -0.05) is 129 Å². The zero-order valence-corrected chi connectivity index (χ0v) is 31.7. The Hall–Kier alpha value is -4.67. The van der Waals surface area contributed by atoms with Crippen molar-refractivity contribution in [3.05, 3.63) is 151 Å². The summed E-state index contributed by atoms with van der Waals surface area (Å²) in [6.07, 6.45) is 3.89. The van der Waals surface area contributed by atoms with E-state index in [1.165, 1.54) is 10.8 Å². The molecule has 8 rings (SSSR count). The number of pyridine rings is 2. The Labute approximate surface area is 304 Å². The third kappa shape index (κ3) is 7.21. The summed E-state index contributed by atoms with van der Waals surface area (Å²) in [6.45, 7) is 10.8. The molecule has 0 aliphatic rings. The number of hydrogen-bond donors (Lipinski definition) is 0. The van der Waals surface area contributed by atoms with Crippen LogP contribution in [-0.2, 0) is 20.1 Å². The van der Waals surface area contributed by atoms with Gasteiger partial charge in [0.1, 0.15) is 5.58 Å². The van der Waals surface area contributed by atoms with Crippen molar-refractivity contribution < 1.29 is 25.9 Å². The summed E-state index contributed by atoms with van der Waals surface area (Å²) >= 11 is 0. The first-order valence-corrected chi connectivity index (χ1v) is 19.8. The zero-order chi connectivity index (χ0) is 34.2. The maximum absolute atomic E-state index is 8.44. The van der Waals surface area contributed by atoms with Gasteiger partial charge in [-0.05, 0) is 50.4 Å². The van der Waals surface area contributed by atoms with Gasteiger partial charge in [-0.15, -0.1) is 54.1 Å².